The summed E-state index contributed by atoms with van der Waals surface area (Å²) in [7, 11) is 0. The summed E-state index contributed by atoms with van der Waals surface area (Å²) in [5.74, 6) is 1.54. The standard InChI is InChI=1S/C14H23N3/c1-10-9-16-13(17-12(10)8-15)11-4-6-14(2,3)7-5-11/h9,11H,4-8,15H2,1-3H3. The van der Waals surface area contributed by atoms with Crippen molar-refractivity contribution < 1.29 is 0 Å². The first-order valence-corrected chi connectivity index (χ1v) is 6.54. The van der Waals surface area contributed by atoms with E-state index in [0.29, 0.717) is 17.9 Å². The number of rotatable bonds is 2. The number of nitrogens with two attached hydrogens (primary N) is 1. The maximum Gasteiger partial charge on any atom is 0.131 e. The van der Waals surface area contributed by atoms with Crippen molar-refractivity contribution >= 4 is 0 Å². The second-order valence-electron chi connectivity index (χ2n) is 6.00. The molecule has 3 nitrogen and oxygen atoms in total. The third-order valence-corrected chi connectivity index (χ3v) is 3.99. The van der Waals surface area contributed by atoms with Crippen LogP contribution in [-0.4, -0.2) is 9.97 Å². The van der Waals surface area contributed by atoms with Crippen LogP contribution in [0.25, 0.3) is 0 Å². The minimum atomic E-state index is 0.498. The van der Waals surface area contributed by atoms with Gasteiger partial charge in [0.25, 0.3) is 0 Å². The highest BCUT2D eigenvalue weighted by Crippen LogP contribution is 2.41. The largest absolute Gasteiger partial charge is 0.325 e. The van der Waals surface area contributed by atoms with Gasteiger partial charge in [0.1, 0.15) is 5.82 Å². The Morgan fingerprint density at radius 1 is 1.35 bits per heavy atom. The van der Waals surface area contributed by atoms with Crippen LogP contribution in [0.3, 0.4) is 0 Å². The van der Waals surface area contributed by atoms with Crippen LogP contribution >= 0.6 is 0 Å². The fraction of sp³-hybridized carbons (Fsp3) is 0.714. The molecule has 1 aromatic heterocycles. The Labute approximate surface area is 104 Å². The van der Waals surface area contributed by atoms with Gasteiger partial charge in [0, 0.05) is 18.7 Å². The van der Waals surface area contributed by atoms with Crippen molar-refractivity contribution in [1.82, 2.24) is 9.97 Å². The molecule has 17 heavy (non-hydrogen) atoms. The van der Waals surface area contributed by atoms with Gasteiger partial charge in [0.15, 0.2) is 0 Å². The quantitative estimate of drug-likeness (QED) is 0.854. The van der Waals surface area contributed by atoms with E-state index in [-0.39, 0.29) is 0 Å². The molecule has 0 bridgehead atoms. The van der Waals surface area contributed by atoms with Crippen molar-refractivity contribution in [3.63, 3.8) is 0 Å². The molecule has 1 heterocycles. The minimum absolute atomic E-state index is 0.498. The molecule has 1 aliphatic rings. The summed E-state index contributed by atoms with van der Waals surface area (Å²) in [5, 5.41) is 0. The Morgan fingerprint density at radius 3 is 2.59 bits per heavy atom. The lowest BCUT2D eigenvalue weighted by atomic mass is 9.73. The van der Waals surface area contributed by atoms with Gasteiger partial charge < -0.3 is 5.73 Å². The number of hydrogen-bond acceptors (Lipinski definition) is 3. The lowest BCUT2D eigenvalue weighted by Gasteiger charge is -2.33. The van der Waals surface area contributed by atoms with Crippen LogP contribution in [0.5, 0.6) is 0 Å². The predicted molar refractivity (Wildman–Crippen MR) is 69.7 cm³/mol. The fourth-order valence-corrected chi connectivity index (χ4v) is 2.55. The molecule has 1 aromatic rings. The summed E-state index contributed by atoms with van der Waals surface area (Å²) < 4.78 is 0. The van der Waals surface area contributed by atoms with Gasteiger partial charge in [-0.1, -0.05) is 13.8 Å². The van der Waals surface area contributed by atoms with Crippen LogP contribution in [-0.2, 0) is 6.54 Å². The fourth-order valence-electron chi connectivity index (χ4n) is 2.55. The normalized spacial score (nSPS) is 20.5. The van der Waals surface area contributed by atoms with Crippen LogP contribution in [0.1, 0.15) is 62.5 Å². The van der Waals surface area contributed by atoms with E-state index in [4.69, 9.17) is 5.73 Å². The molecule has 2 rings (SSSR count). The summed E-state index contributed by atoms with van der Waals surface area (Å²) in [5.41, 5.74) is 8.30. The molecule has 3 heteroatoms. The van der Waals surface area contributed by atoms with Gasteiger partial charge in [-0.15, -0.1) is 0 Å². The number of aryl methyl sites for hydroxylation is 1. The number of aromatic nitrogens is 2. The third-order valence-electron chi connectivity index (χ3n) is 3.99. The van der Waals surface area contributed by atoms with Crippen molar-refractivity contribution in [3.8, 4) is 0 Å². The maximum absolute atomic E-state index is 5.70. The highest BCUT2D eigenvalue weighted by Gasteiger charge is 2.29. The lowest BCUT2D eigenvalue weighted by molar-refractivity contribution is 0.220. The molecule has 0 radical (unpaired) electrons. The molecule has 1 aliphatic carbocycles. The second-order valence-corrected chi connectivity index (χ2v) is 6.00. The van der Waals surface area contributed by atoms with E-state index in [9.17, 15) is 0 Å². The van der Waals surface area contributed by atoms with Crippen LogP contribution in [0.2, 0.25) is 0 Å². The minimum Gasteiger partial charge on any atom is -0.325 e. The molecule has 0 unspecified atom stereocenters. The van der Waals surface area contributed by atoms with E-state index in [1.165, 1.54) is 25.7 Å². The van der Waals surface area contributed by atoms with Crippen molar-refractivity contribution in [2.45, 2.75) is 58.9 Å². The van der Waals surface area contributed by atoms with Crippen molar-refractivity contribution in [3.05, 3.63) is 23.3 Å². The highest BCUT2D eigenvalue weighted by molar-refractivity contribution is 5.17. The van der Waals surface area contributed by atoms with Gasteiger partial charge in [-0.3, -0.25) is 0 Å². The summed E-state index contributed by atoms with van der Waals surface area (Å²) in [6, 6.07) is 0. The van der Waals surface area contributed by atoms with E-state index in [0.717, 1.165) is 17.1 Å². The summed E-state index contributed by atoms with van der Waals surface area (Å²) in [4.78, 5) is 9.12. The van der Waals surface area contributed by atoms with Crippen molar-refractivity contribution in [1.29, 1.82) is 0 Å². The monoisotopic (exact) mass is 233 g/mol. The first kappa shape index (κ1) is 12.5. The average molecular weight is 233 g/mol. The molecule has 0 saturated heterocycles. The zero-order valence-corrected chi connectivity index (χ0v) is 11.2. The molecule has 0 spiro atoms. The van der Waals surface area contributed by atoms with Gasteiger partial charge >= 0.3 is 0 Å². The summed E-state index contributed by atoms with van der Waals surface area (Å²) >= 11 is 0. The second kappa shape index (κ2) is 4.73. The van der Waals surface area contributed by atoms with E-state index in [1.807, 2.05) is 13.1 Å². The SMILES string of the molecule is Cc1cnc(C2CCC(C)(C)CC2)nc1CN. The smallest absolute Gasteiger partial charge is 0.131 e. The first-order valence-electron chi connectivity index (χ1n) is 6.54. The Morgan fingerprint density at radius 2 is 2.00 bits per heavy atom. The van der Waals surface area contributed by atoms with E-state index < -0.39 is 0 Å². The van der Waals surface area contributed by atoms with Crippen LogP contribution < -0.4 is 5.73 Å². The molecule has 0 atom stereocenters. The Hall–Kier alpha value is -0.960. The van der Waals surface area contributed by atoms with Crippen molar-refractivity contribution in [2.24, 2.45) is 11.1 Å². The third kappa shape index (κ3) is 2.83. The van der Waals surface area contributed by atoms with Crippen LogP contribution in [0.15, 0.2) is 6.20 Å². The highest BCUT2D eigenvalue weighted by atomic mass is 14.9. The van der Waals surface area contributed by atoms with Gasteiger partial charge in [-0.25, -0.2) is 9.97 Å². The Kier molecular flexibility index (Phi) is 3.48. The molecule has 0 amide bonds. The lowest BCUT2D eigenvalue weighted by Crippen LogP contribution is -2.22. The molecular formula is C14H23N3. The van der Waals surface area contributed by atoms with Gasteiger partial charge in [-0.05, 0) is 43.6 Å². The molecule has 0 aromatic carbocycles. The van der Waals surface area contributed by atoms with Gasteiger partial charge in [0.2, 0.25) is 0 Å². The van der Waals surface area contributed by atoms with Crippen LogP contribution in [0, 0.1) is 12.3 Å². The van der Waals surface area contributed by atoms with Crippen LogP contribution in [0.4, 0.5) is 0 Å². The zero-order chi connectivity index (χ0) is 12.5. The topological polar surface area (TPSA) is 51.8 Å². The molecule has 94 valence electrons. The molecule has 2 N–H and O–H groups in total. The predicted octanol–water partition coefficient (Wildman–Crippen LogP) is 2.93. The maximum atomic E-state index is 5.70. The Balaban J connectivity index is 2.13. The Bertz CT molecular complexity index is 388. The van der Waals surface area contributed by atoms with Gasteiger partial charge in [-0.2, -0.15) is 0 Å². The molecule has 0 aliphatic heterocycles. The van der Waals surface area contributed by atoms with E-state index in [2.05, 4.69) is 23.8 Å². The van der Waals surface area contributed by atoms with E-state index >= 15 is 0 Å². The summed E-state index contributed by atoms with van der Waals surface area (Å²) in [6.07, 6.45) is 6.88. The van der Waals surface area contributed by atoms with Gasteiger partial charge in [0.05, 0.1) is 5.69 Å². The van der Waals surface area contributed by atoms with E-state index in [1.54, 1.807) is 0 Å². The van der Waals surface area contributed by atoms with Crippen molar-refractivity contribution in [2.75, 3.05) is 0 Å². The molecule has 1 fully saturated rings. The molecule has 1 saturated carbocycles. The first-order chi connectivity index (χ1) is 8.02. The average Bonchev–Trinajstić information content (AvgIpc) is 2.30. The number of hydrogen-bond donors (Lipinski definition) is 1. The molecular weight excluding hydrogens is 210 g/mol. The number of nitrogens with zero attached hydrogens (tertiary/aromatic N) is 2. The zero-order valence-electron chi connectivity index (χ0n) is 11.2. The summed E-state index contributed by atoms with van der Waals surface area (Å²) in [6.45, 7) is 7.24.